The van der Waals surface area contributed by atoms with Crippen molar-refractivity contribution < 1.29 is 4.80 Å². The molecule has 0 saturated heterocycles. The molecular formula is C10H22OSi. The third kappa shape index (κ3) is 9.92. The van der Waals surface area contributed by atoms with Crippen LogP contribution < -0.4 is 0 Å². The minimum Gasteiger partial charge on any atom is -0.428 e. The number of allylic oxidation sites excluding steroid dienone is 1. The van der Waals surface area contributed by atoms with Crippen molar-refractivity contribution in [3.05, 3.63) is 11.8 Å². The van der Waals surface area contributed by atoms with Gasteiger partial charge in [0.25, 0.3) is 0 Å². The van der Waals surface area contributed by atoms with Crippen LogP contribution in [0.4, 0.5) is 0 Å². The summed E-state index contributed by atoms with van der Waals surface area (Å²) in [6.07, 6.45) is 8.51. The van der Waals surface area contributed by atoms with Gasteiger partial charge in [0.15, 0.2) is 0 Å². The lowest BCUT2D eigenvalue weighted by Gasteiger charge is -2.05. The minimum atomic E-state index is -1.91. The molecule has 0 radical (unpaired) electrons. The fraction of sp³-hybridized carbons (Fsp3) is 0.800. The zero-order valence-corrected chi connectivity index (χ0v) is 9.64. The molecule has 2 heteroatoms. The maximum Gasteiger partial charge on any atom is 0.206 e. The molecule has 72 valence electrons. The zero-order valence-electron chi connectivity index (χ0n) is 8.64. The fourth-order valence-corrected chi connectivity index (χ4v) is 1.80. The molecule has 0 rings (SSSR count). The summed E-state index contributed by atoms with van der Waals surface area (Å²) in [6, 6.07) is 0. The summed E-state index contributed by atoms with van der Waals surface area (Å²) in [6.45, 7) is 6.10. The quantitative estimate of drug-likeness (QED) is 0.499. The highest BCUT2D eigenvalue weighted by Crippen LogP contribution is 2.05. The predicted octanol–water partition coefficient (Wildman–Crippen LogP) is 3.25. The molecule has 0 saturated carbocycles. The molecule has 0 spiro atoms. The molecule has 0 fully saturated rings. The first-order valence-corrected chi connectivity index (χ1v) is 7.99. The molecule has 1 nitrogen and oxygen atoms in total. The monoisotopic (exact) mass is 186 g/mol. The Kier molecular flexibility index (Phi) is 6.39. The summed E-state index contributed by atoms with van der Waals surface area (Å²) in [4.78, 5) is 9.47. The van der Waals surface area contributed by atoms with E-state index < -0.39 is 8.32 Å². The van der Waals surface area contributed by atoms with Crippen LogP contribution in [0.2, 0.25) is 13.1 Å². The van der Waals surface area contributed by atoms with E-state index in [0.717, 1.165) is 6.42 Å². The van der Waals surface area contributed by atoms with Gasteiger partial charge in [-0.05, 0) is 25.9 Å². The van der Waals surface area contributed by atoms with Gasteiger partial charge in [0, 0.05) is 0 Å². The number of rotatable bonds is 6. The topological polar surface area (TPSA) is 20.2 Å². The molecule has 0 aliphatic carbocycles. The van der Waals surface area contributed by atoms with Crippen molar-refractivity contribution in [3.8, 4) is 0 Å². The van der Waals surface area contributed by atoms with Crippen LogP contribution in [0.3, 0.4) is 0 Å². The average Bonchev–Trinajstić information content (AvgIpc) is 1.94. The van der Waals surface area contributed by atoms with Gasteiger partial charge >= 0.3 is 0 Å². The largest absolute Gasteiger partial charge is 0.428 e. The second kappa shape index (κ2) is 6.43. The Morgan fingerprint density at radius 2 is 1.83 bits per heavy atom. The summed E-state index contributed by atoms with van der Waals surface area (Å²) < 4.78 is 0. The lowest BCUT2D eigenvalue weighted by Crippen LogP contribution is -2.21. The van der Waals surface area contributed by atoms with E-state index in [4.69, 9.17) is 0 Å². The summed E-state index contributed by atoms with van der Waals surface area (Å²) in [7, 11) is -1.91. The normalized spacial score (nSPS) is 12.7. The molecule has 0 aromatic carbocycles. The van der Waals surface area contributed by atoms with E-state index in [1.165, 1.54) is 25.7 Å². The van der Waals surface area contributed by atoms with Gasteiger partial charge in [-0.25, -0.2) is 0 Å². The molecule has 0 aliphatic heterocycles. The molecule has 0 atom stereocenters. The smallest absolute Gasteiger partial charge is 0.206 e. The fourth-order valence-electron chi connectivity index (χ4n) is 1.06. The van der Waals surface area contributed by atoms with Crippen LogP contribution in [0.15, 0.2) is 11.8 Å². The first-order valence-electron chi connectivity index (χ1n) is 4.96. The lowest BCUT2D eigenvalue weighted by atomic mass is 10.2. The first kappa shape index (κ1) is 11.9. The van der Waals surface area contributed by atoms with E-state index in [1.807, 2.05) is 18.8 Å². The van der Waals surface area contributed by atoms with Crippen LogP contribution in [0.5, 0.6) is 0 Å². The van der Waals surface area contributed by atoms with Gasteiger partial charge in [0.1, 0.15) is 0 Å². The van der Waals surface area contributed by atoms with Crippen LogP contribution in [-0.4, -0.2) is 13.1 Å². The SMILES string of the molecule is CCCCCCC=C[Si](C)(C)O. The van der Waals surface area contributed by atoms with E-state index in [0.29, 0.717) is 0 Å². The van der Waals surface area contributed by atoms with Crippen molar-refractivity contribution in [3.63, 3.8) is 0 Å². The van der Waals surface area contributed by atoms with Gasteiger partial charge < -0.3 is 4.80 Å². The highest BCUT2D eigenvalue weighted by molar-refractivity contribution is 6.74. The molecule has 0 aromatic rings. The Bertz CT molecular complexity index is 124. The van der Waals surface area contributed by atoms with E-state index in [9.17, 15) is 4.80 Å². The van der Waals surface area contributed by atoms with Crippen LogP contribution in [0, 0.1) is 0 Å². The Labute approximate surface area is 77.6 Å². The van der Waals surface area contributed by atoms with E-state index >= 15 is 0 Å². The molecule has 0 aliphatic rings. The third-order valence-electron chi connectivity index (χ3n) is 1.75. The standard InChI is InChI=1S/C10H22OSi/c1-4-5-6-7-8-9-10-12(2,3)11/h9-11H,4-8H2,1-3H3. The molecule has 0 unspecified atom stereocenters. The van der Waals surface area contributed by atoms with Gasteiger partial charge in [-0.3, -0.25) is 0 Å². The van der Waals surface area contributed by atoms with Crippen LogP contribution >= 0.6 is 0 Å². The van der Waals surface area contributed by atoms with Crippen LogP contribution in [0.25, 0.3) is 0 Å². The molecule has 1 N–H and O–H groups in total. The lowest BCUT2D eigenvalue weighted by molar-refractivity contribution is 0.566. The van der Waals surface area contributed by atoms with Gasteiger partial charge in [-0.2, -0.15) is 0 Å². The first-order chi connectivity index (χ1) is 5.56. The van der Waals surface area contributed by atoms with Crippen molar-refractivity contribution in [2.45, 2.75) is 52.1 Å². The number of unbranched alkanes of at least 4 members (excludes halogenated alkanes) is 4. The maximum atomic E-state index is 9.47. The summed E-state index contributed by atoms with van der Waals surface area (Å²) >= 11 is 0. The van der Waals surface area contributed by atoms with E-state index in [1.54, 1.807) is 0 Å². The number of hydrogen-bond donors (Lipinski definition) is 1. The van der Waals surface area contributed by atoms with Crippen molar-refractivity contribution in [1.29, 1.82) is 0 Å². The Hall–Kier alpha value is -0.0831. The summed E-state index contributed by atoms with van der Waals surface area (Å²) in [5.41, 5.74) is 2.01. The molecule has 0 aromatic heterocycles. The summed E-state index contributed by atoms with van der Waals surface area (Å²) in [5, 5.41) is 0. The molecule has 0 heterocycles. The second-order valence-electron chi connectivity index (χ2n) is 3.91. The Morgan fingerprint density at radius 3 is 2.33 bits per heavy atom. The van der Waals surface area contributed by atoms with Crippen molar-refractivity contribution in [2.75, 3.05) is 0 Å². The molecular weight excluding hydrogens is 164 g/mol. The van der Waals surface area contributed by atoms with Crippen molar-refractivity contribution in [2.24, 2.45) is 0 Å². The third-order valence-corrected chi connectivity index (χ3v) is 2.80. The predicted molar refractivity (Wildman–Crippen MR) is 57.6 cm³/mol. The van der Waals surface area contributed by atoms with Crippen LogP contribution in [-0.2, 0) is 0 Å². The highest BCUT2D eigenvalue weighted by Gasteiger charge is 2.09. The molecule has 0 bridgehead atoms. The van der Waals surface area contributed by atoms with Gasteiger partial charge in [-0.1, -0.05) is 38.0 Å². The Balaban J connectivity index is 3.25. The molecule has 12 heavy (non-hydrogen) atoms. The highest BCUT2D eigenvalue weighted by atomic mass is 28.4. The van der Waals surface area contributed by atoms with Gasteiger partial charge in [0.05, 0.1) is 0 Å². The van der Waals surface area contributed by atoms with Crippen molar-refractivity contribution >= 4 is 8.32 Å². The van der Waals surface area contributed by atoms with E-state index in [2.05, 4.69) is 13.0 Å². The summed E-state index contributed by atoms with van der Waals surface area (Å²) in [5.74, 6) is 0. The van der Waals surface area contributed by atoms with Crippen LogP contribution in [0.1, 0.15) is 39.0 Å². The number of hydrogen-bond acceptors (Lipinski definition) is 1. The van der Waals surface area contributed by atoms with Gasteiger partial charge in [-0.15, -0.1) is 0 Å². The average molecular weight is 186 g/mol. The molecule has 0 amide bonds. The van der Waals surface area contributed by atoms with Gasteiger partial charge in [0.2, 0.25) is 8.32 Å². The zero-order chi connectivity index (χ0) is 9.45. The second-order valence-corrected chi connectivity index (χ2v) is 7.55. The Morgan fingerprint density at radius 1 is 1.17 bits per heavy atom. The maximum absolute atomic E-state index is 9.47. The van der Waals surface area contributed by atoms with E-state index in [-0.39, 0.29) is 0 Å². The van der Waals surface area contributed by atoms with Crippen molar-refractivity contribution in [1.82, 2.24) is 0 Å². The minimum absolute atomic E-state index is 1.14.